The van der Waals surface area contributed by atoms with Crippen molar-refractivity contribution in [2.75, 3.05) is 7.05 Å². The van der Waals surface area contributed by atoms with Crippen molar-refractivity contribution in [1.29, 1.82) is 0 Å². The maximum atomic E-state index is 12.2. The van der Waals surface area contributed by atoms with E-state index in [9.17, 15) is 4.79 Å². The number of amides is 1. The predicted octanol–water partition coefficient (Wildman–Crippen LogP) is 1.19. The predicted molar refractivity (Wildman–Crippen MR) is 69.9 cm³/mol. The Balaban J connectivity index is 2.16. The number of carbonyl (C=O) groups is 1. The van der Waals surface area contributed by atoms with Crippen LogP contribution in [0.2, 0.25) is 0 Å². The minimum Gasteiger partial charge on any atom is -0.334 e. The molecule has 0 spiro atoms. The quantitative estimate of drug-likeness (QED) is 0.855. The minimum absolute atomic E-state index is 0.0666. The zero-order valence-electron chi connectivity index (χ0n) is 10.5. The number of aromatic nitrogens is 4. The third kappa shape index (κ3) is 2.31. The average Bonchev–Trinajstić information content (AvgIpc) is 2.88. The van der Waals surface area contributed by atoms with Crippen LogP contribution in [-0.2, 0) is 20.6 Å². The number of aryl methyl sites for hydroxylation is 2. The van der Waals surface area contributed by atoms with Crippen LogP contribution in [0, 0.1) is 0 Å². The summed E-state index contributed by atoms with van der Waals surface area (Å²) >= 11 is 3.42. The molecule has 2 aromatic heterocycles. The average molecular weight is 312 g/mol. The summed E-state index contributed by atoms with van der Waals surface area (Å²) < 4.78 is 4.21. The third-order valence-corrected chi connectivity index (χ3v) is 3.45. The molecule has 7 heteroatoms. The van der Waals surface area contributed by atoms with Gasteiger partial charge in [-0.2, -0.15) is 10.2 Å². The van der Waals surface area contributed by atoms with E-state index in [-0.39, 0.29) is 5.91 Å². The summed E-state index contributed by atoms with van der Waals surface area (Å²) in [5.74, 6) is -0.0666. The van der Waals surface area contributed by atoms with Crippen molar-refractivity contribution in [2.45, 2.75) is 6.54 Å². The zero-order valence-corrected chi connectivity index (χ0v) is 12.0. The van der Waals surface area contributed by atoms with Crippen molar-refractivity contribution in [3.63, 3.8) is 0 Å². The van der Waals surface area contributed by atoms with Crippen LogP contribution in [0.4, 0.5) is 0 Å². The summed E-state index contributed by atoms with van der Waals surface area (Å²) in [5, 5.41) is 8.12. The van der Waals surface area contributed by atoms with Gasteiger partial charge in [-0.05, 0) is 22.0 Å². The maximum absolute atomic E-state index is 12.2. The number of hydrogen-bond acceptors (Lipinski definition) is 3. The normalized spacial score (nSPS) is 10.7. The molecule has 0 saturated carbocycles. The van der Waals surface area contributed by atoms with Crippen LogP contribution in [0.25, 0.3) is 0 Å². The van der Waals surface area contributed by atoms with Crippen molar-refractivity contribution in [2.24, 2.45) is 14.1 Å². The molecule has 0 aromatic carbocycles. The summed E-state index contributed by atoms with van der Waals surface area (Å²) in [5.41, 5.74) is 1.52. The smallest absolute Gasteiger partial charge is 0.272 e. The van der Waals surface area contributed by atoms with Gasteiger partial charge < -0.3 is 4.90 Å². The number of carbonyl (C=O) groups excluding carboxylic acids is 1. The fraction of sp³-hybridized carbons (Fsp3) is 0.364. The van der Waals surface area contributed by atoms with Gasteiger partial charge in [-0.3, -0.25) is 14.2 Å². The summed E-state index contributed by atoms with van der Waals surface area (Å²) in [6, 6.07) is 1.71. The van der Waals surface area contributed by atoms with Gasteiger partial charge in [-0.15, -0.1) is 0 Å². The molecule has 18 heavy (non-hydrogen) atoms. The van der Waals surface area contributed by atoms with Crippen LogP contribution in [-0.4, -0.2) is 37.4 Å². The van der Waals surface area contributed by atoms with Crippen LogP contribution in [0.3, 0.4) is 0 Å². The van der Waals surface area contributed by atoms with Crippen LogP contribution >= 0.6 is 15.9 Å². The lowest BCUT2D eigenvalue weighted by atomic mass is 10.3. The SMILES string of the molecule is CN(Cc1c(Br)cnn1C)C(=O)c1ccnn1C. The highest BCUT2D eigenvalue weighted by molar-refractivity contribution is 9.10. The molecule has 0 aliphatic rings. The molecule has 0 radical (unpaired) electrons. The summed E-state index contributed by atoms with van der Waals surface area (Å²) in [6.45, 7) is 0.487. The van der Waals surface area contributed by atoms with Gasteiger partial charge in [0.15, 0.2) is 0 Å². The van der Waals surface area contributed by atoms with E-state index in [4.69, 9.17) is 0 Å². The van der Waals surface area contributed by atoms with Crippen LogP contribution in [0.1, 0.15) is 16.2 Å². The standard InChI is InChI=1S/C11H14BrN5O/c1-15(7-10-8(12)6-14-17(10)3)11(18)9-4-5-13-16(9)2/h4-6H,7H2,1-3H3. The van der Waals surface area contributed by atoms with E-state index in [1.54, 1.807) is 46.8 Å². The van der Waals surface area contributed by atoms with Gasteiger partial charge in [0.05, 0.1) is 22.9 Å². The molecule has 0 saturated heterocycles. The molecule has 0 aliphatic heterocycles. The van der Waals surface area contributed by atoms with E-state index >= 15 is 0 Å². The summed E-state index contributed by atoms with van der Waals surface area (Å²) in [7, 11) is 5.36. The molecule has 96 valence electrons. The van der Waals surface area contributed by atoms with Crippen LogP contribution < -0.4 is 0 Å². The zero-order chi connectivity index (χ0) is 13.3. The molecule has 0 bridgehead atoms. The van der Waals surface area contributed by atoms with Gasteiger partial charge in [-0.25, -0.2) is 0 Å². The number of halogens is 1. The number of rotatable bonds is 3. The van der Waals surface area contributed by atoms with Crippen LogP contribution in [0.15, 0.2) is 22.9 Å². The van der Waals surface area contributed by atoms with Gasteiger partial charge >= 0.3 is 0 Å². The van der Waals surface area contributed by atoms with Gasteiger partial charge in [0.2, 0.25) is 0 Å². The van der Waals surface area contributed by atoms with E-state index in [2.05, 4.69) is 26.1 Å². The fourth-order valence-electron chi connectivity index (χ4n) is 1.69. The monoisotopic (exact) mass is 311 g/mol. The molecule has 0 N–H and O–H groups in total. The molecule has 0 atom stereocenters. The van der Waals surface area contributed by atoms with Crippen molar-refractivity contribution in [3.8, 4) is 0 Å². The Hall–Kier alpha value is -1.63. The Labute approximate surface area is 113 Å². The van der Waals surface area contributed by atoms with E-state index in [1.165, 1.54) is 0 Å². The molecule has 1 amide bonds. The molecule has 2 aromatic rings. The van der Waals surface area contributed by atoms with Gasteiger partial charge in [0, 0.05) is 27.3 Å². The first-order chi connectivity index (χ1) is 8.50. The first-order valence-electron chi connectivity index (χ1n) is 5.40. The van der Waals surface area contributed by atoms with Gasteiger partial charge in [-0.1, -0.05) is 0 Å². The second kappa shape index (κ2) is 4.93. The van der Waals surface area contributed by atoms with E-state index in [1.807, 2.05) is 7.05 Å². The highest BCUT2D eigenvalue weighted by atomic mass is 79.9. The molecule has 0 aliphatic carbocycles. The second-order valence-corrected chi connectivity index (χ2v) is 4.92. The Morgan fingerprint density at radius 1 is 1.39 bits per heavy atom. The van der Waals surface area contributed by atoms with E-state index < -0.39 is 0 Å². The molecule has 6 nitrogen and oxygen atoms in total. The lowest BCUT2D eigenvalue weighted by molar-refractivity contribution is 0.0771. The molecule has 0 unspecified atom stereocenters. The molecular formula is C11H14BrN5O. The van der Waals surface area contributed by atoms with Crippen molar-refractivity contribution >= 4 is 21.8 Å². The Bertz CT molecular complexity index is 554. The lowest BCUT2D eigenvalue weighted by Gasteiger charge is -2.17. The first kappa shape index (κ1) is 12.8. The third-order valence-electron chi connectivity index (χ3n) is 2.78. The van der Waals surface area contributed by atoms with E-state index in [0.717, 1.165) is 10.2 Å². The molecule has 2 heterocycles. The van der Waals surface area contributed by atoms with E-state index in [0.29, 0.717) is 12.2 Å². The largest absolute Gasteiger partial charge is 0.334 e. The van der Waals surface area contributed by atoms with Gasteiger partial charge in [0.25, 0.3) is 5.91 Å². The first-order valence-corrected chi connectivity index (χ1v) is 6.20. The molecule has 0 fully saturated rings. The molecule has 2 rings (SSSR count). The summed E-state index contributed by atoms with van der Waals surface area (Å²) in [4.78, 5) is 13.8. The van der Waals surface area contributed by atoms with Crippen molar-refractivity contribution < 1.29 is 4.79 Å². The highest BCUT2D eigenvalue weighted by Crippen LogP contribution is 2.17. The number of hydrogen-bond donors (Lipinski definition) is 0. The summed E-state index contributed by atoms with van der Waals surface area (Å²) in [6.07, 6.45) is 3.33. The Kier molecular flexibility index (Phi) is 3.51. The number of nitrogens with zero attached hydrogens (tertiary/aromatic N) is 5. The van der Waals surface area contributed by atoms with Crippen molar-refractivity contribution in [3.05, 3.63) is 34.3 Å². The maximum Gasteiger partial charge on any atom is 0.272 e. The lowest BCUT2D eigenvalue weighted by Crippen LogP contribution is -2.29. The second-order valence-electron chi connectivity index (χ2n) is 4.06. The van der Waals surface area contributed by atoms with Crippen LogP contribution in [0.5, 0.6) is 0 Å². The molecular weight excluding hydrogens is 298 g/mol. The topological polar surface area (TPSA) is 56.0 Å². The highest BCUT2D eigenvalue weighted by Gasteiger charge is 2.17. The Morgan fingerprint density at radius 3 is 2.61 bits per heavy atom. The van der Waals surface area contributed by atoms with Crippen molar-refractivity contribution in [1.82, 2.24) is 24.5 Å². The van der Waals surface area contributed by atoms with Gasteiger partial charge in [0.1, 0.15) is 5.69 Å². The minimum atomic E-state index is -0.0666. The fourth-order valence-corrected chi connectivity index (χ4v) is 2.16. The Morgan fingerprint density at radius 2 is 2.11 bits per heavy atom.